The van der Waals surface area contributed by atoms with Crippen LogP contribution in [0.15, 0.2) is 48.3 Å². The number of aliphatic hydroxyl groups is 1. The van der Waals surface area contributed by atoms with Crippen LogP contribution in [-0.4, -0.2) is 23.5 Å². The molecule has 1 rings (SSSR count). The summed E-state index contributed by atoms with van der Waals surface area (Å²) in [5.74, 6) is -1.31. The molecular formula is C14H13ClO4. The van der Waals surface area contributed by atoms with Gasteiger partial charge in [-0.05, 0) is 43.3 Å². The molecule has 0 bridgehead atoms. The van der Waals surface area contributed by atoms with Crippen LogP contribution in [0, 0.1) is 0 Å². The largest absolute Gasteiger partial charge is 0.508 e. The second-order valence-corrected chi connectivity index (χ2v) is 3.96. The van der Waals surface area contributed by atoms with E-state index in [0.717, 1.165) is 18.2 Å². The number of esters is 1. The predicted molar refractivity (Wildman–Crippen MR) is 72.3 cm³/mol. The monoisotopic (exact) mass is 280 g/mol. The minimum absolute atomic E-state index is 0.218. The number of benzene rings is 1. The Morgan fingerprint density at radius 3 is 2.47 bits per heavy atom. The molecule has 0 saturated heterocycles. The summed E-state index contributed by atoms with van der Waals surface area (Å²) in [6.07, 6.45) is 3.19. The van der Waals surface area contributed by atoms with Crippen molar-refractivity contribution in [1.82, 2.24) is 0 Å². The molecule has 0 radical (unpaired) electrons. The molecule has 0 aliphatic carbocycles. The predicted octanol–water partition coefficient (Wildman–Crippen LogP) is 3.08. The summed E-state index contributed by atoms with van der Waals surface area (Å²) in [6.45, 7) is 1.87. The van der Waals surface area contributed by atoms with Gasteiger partial charge in [0.2, 0.25) is 0 Å². The summed E-state index contributed by atoms with van der Waals surface area (Å²) in [4.78, 5) is 22.7. The number of carbonyl (C=O) groups is 2. The van der Waals surface area contributed by atoms with Crippen LogP contribution in [0.3, 0.4) is 0 Å². The highest BCUT2D eigenvalue weighted by molar-refractivity contribution is 6.30. The van der Waals surface area contributed by atoms with Crippen molar-refractivity contribution >= 4 is 23.4 Å². The minimum Gasteiger partial charge on any atom is -0.508 e. The second-order valence-electron chi connectivity index (χ2n) is 3.53. The van der Waals surface area contributed by atoms with Crippen molar-refractivity contribution in [3.05, 3.63) is 58.8 Å². The van der Waals surface area contributed by atoms with Crippen molar-refractivity contribution in [2.45, 2.75) is 6.92 Å². The maximum atomic E-state index is 11.7. The van der Waals surface area contributed by atoms with E-state index in [1.54, 1.807) is 31.2 Å². The van der Waals surface area contributed by atoms with Crippen LogP contribution in [0.2, 0.25) is 5.02 Å². The van der Waals surface area contributed by atoms with Crippen molar-refractivity contribution < 1.29 is 19.4 Å². The molecule has 1 aromatic rings. The summed E-state index contributed by atoms with van der Waals surface area (Å²) in [7, 11) is 0. The topological polar surface area (TPSA) is 63.6 Å². The molecule has 5 heteroatoms. The number of ether oxygens (including phenoxy) is 1. The molecule has 0 aromatic heterocycles. The Bertz CT molecular complexity index is 515. The van der Waals surface area contributed by atoms with Gasteiger partial charge in [-0.2, -0.15) is 0 Å². The van der Waals surface area contributed by atoms with Gasteiger partial charge in [-0.15, -0.1) is 0 Å². The van der Waals surface area contributed by atoms with Gasteiger partial charge in [-0.1, -0.05) is 11.6 Å². The summed E-state index contributed by atoms with van der Waals surface area (Å²) in [6, 6.07) is 6.33. The van der Waals surface area contributed by atoms with E-state index < -0.39 is 5.97 Å². The first-order chi connectivity index (χ1) is 9.02. The molecule has 0 amide bonds. The summed E-state index contributed by atoms with van der Waals surface area (Å²) in [5.41, 5.74) is 0.435. The first-order valence-corrected chi connectivity index (χ1v) is 5.96. The third-order valence-electron chi connectivity index (χ3n) is 2.09. The number of carbonyl (C=O) groups excluding carboxylic acids is 2. The highest BCUT2D eigenvalue weighted by Crippen LogP contribution is 2.10. The Hall–Kier alpha value is -2.07. The molecule has 100 valence electrons. The van der Waals surface area contributed by atoms with Crippen LogP contribution in [0.1, 0.15) is 17.3 Å². The summed E-state index contributed by atoms with van der Waals surface area (Å²) < 4.78 is 4.61. The molecular weight excluding hydrogens is 268 g/mol. The lowest BCUT2D eigenvalue weighted by Crippen LogP contribution is -2.00. The first-order valence-electron chi connectivity index (χ1n) is 5.58. The van der Waals surface area contributed by atoms with Gasteiger partial charge in [0.25, 0.3) is 0 Å². The third-order valence-corrected chi connectivity index (χ3v) is 2.34. The smallest absolute Gasteiger partial charge is 0.334 e. The Labute approximate surface area is 116 Å². The van der Waals surface area contributed by atoms with E-state index in [4.69, 9.17) is 11.6 Å². The zero-order valence-corrected chi connectivity index (χ0v) is 11.1. The van der Waals surface area contributed by atoms with E-state index in [-0.39, 0.29) is 18.1 Å². The molecule has 0 spiro atoms. The normalized spacial score (nSPS) is 11.6. The van der Waals surface area contributed by atoms with E-state index in [1.807, 2.05) is 0 Å². The van der Waals surface area contributed by atoms with Gasteiger partial charge in [0, 0.05) is 10.6 Å². The SMILES string of the molecule is CCOC(=O)/C=C(O)/C=C/C(=O)c1ccc(Cl)cc1. The van der Waals surface area contributed by atoms with Crippen molar-refractivity contribution in [2.75, 3.05) is 6.61 Å². The second kappa shape index (κ2) is 7.38. The van der Waals surface area contributed by atoms with Crippen LogP contribution >= 0.6 is 11.6 Å². The highest BCUT2D eigenvalue weighted by atomic mass is 35.5. The molecule has 0 fully saturated rings. The quantitative estimate of drug-likeness (QED) is 0.296. The van der Waals surface area contributed by atoms with Crippen molar-refractivity contribution in [2.24, 2.45) is 0 Å². The van der Waals surface area contributed by atoms with Crippen LogP contribution in [0.4, 0.5) is 0 Å². The molecule has 19 heavy (non-hydrogen) atoms. The van der Waals surface area contributed by atoms with Crippen LogP contribution < -0.4 is 0 Å². The molecule has 0 atom stereocenters. The molecule has 4 nitrogen and oxygen atoms in total. The Kier molecular flexibility index (Phi) is 5.82. The highest BCUT2D eigenvalue weighted by Gasteiger charge is 2.02. The fourth-order valence-corrected chi connectivity index (χ4v) is 1.35. The number of ketones is 1. The first kappa shape index (κ1) is 15.0. The van der Waals surface area contributed by atoms with Crippen LogP contribution in [0.25, 0.3) is 0 Å². The van der Waals surface area contributed by atoms with Crippen molar-refractivity contribution in [3.8, 4) is 0 Å². The Morgan fingerprint density at radius 2 is 1.89 bits per heavy atom. The van der Waals surface area contributed by atoms with E-state index in [1.165, 1.54) is 0 Å². The van der Waals surface area contributed by atoms with Gasteiger partial charge in [-0.25, -0.2) is 4.79 Å². The molecule has 1 aromatic carbocycles. The molecule has 0 unspecified atom stereocenters. The maximum Gasteiger partial charge on any atom is 0.334 e. The molecule has 0 aliphatic rings. The lowest BCUT2D eigenvalue weighted by molar-refractivity contribution is -0.137. The zero-order valence-electron chi connectivity index (χ0n) is 10.3. The van der Waals surface area contributed by atoms with Gasteiger partial charge in [-0.3, -0.25) is 4.79 Å². The molecule has 0 saturated carbocycles. The standard InChI is InChI=1S/C14H13ClO4/c1-2-19-14(18)9-12(16)7-8-13(17)10-3-5-11(15)6-4-10/h3-9,16H,2H2,1H3/b8-7+,12-9-. The lowest BCUT2D eigenvalue weighted by atomic mass is 10.1. The molecule has 0 heterocycles. The van der Waals surface area contributed by atoms with E-state index in [0.29, 0.717) is 10.6 Å². The van der Waals surface area contributed by atoms with Gasteiger partial charge >= 0.3 is 5.97 Å². The number of aliphatic hydroxyl groups excluding tert-OH is 1. The maximum absolute atomic E-state index is 11.7. The zero-order chi connectivity index (χ0) is 14.3. The molecule has 0 aliphatic heterocycles. The lowest BCUT2D eigenvalue weighted by Gasteiger charge is -1.97. The van der Waals surface area contributed by atoms with Crippen LogP contribution in [0.5, 0.6) is 0 Å². The number of rotatable bonds is 5. The van der Waals surface area contributed by atoms with Crippen molar-refractivity contribution in [3.63, 3.8) is 0 Å². The fourth-order valence-electron chi connectivity index (χ4n) is 1.22. The average Bonchev–Trinajstić information content (AvgIpc) is 2.37. The van der Waals surface area contributed by atoms with Crippen LogP contribution in [-0.2, 0) is 9.53 Å². The van der Waals surface area contributed by atoms with Gasteiger partial charge in [0.05, 0.1) is 12.7 Å². The summed E-state index contributed by atoms with van der Waals surface area (Å²) >= 11 is 5.70. The minimum atomic E-state index is -0.663. The number of halogens is 1. The third kappa shape index (κ3) is 5.40. The van der Waals surface area contributed by atoms with E-state index >= 15 is 0 Å². The van der Waals surface area contributed by atoms with Gasteiger partial charge < -0.3 is 9.84 Å². The average molecular weight is 281 g/mol. The van der Waals surface area contributed by atoms with Gasteiger partial charge in [0.15, 0.2) is 5.78 Å². The van der Waals surface area contributed by atoms with Gasteiger partial charge in [0.1, 0.15) is 5.76 Å². The van der Waals surface area contributed by atoms with E-state index in [9.17, 15) is 14.7 Å². The molecule has 1 N–H and O–H groups in total. The number of hydrogen-bond acceptors (Lipinski definition) is 4. The van der Waals surface area contributed by atoms with E-state index in [2.05, 4.69) is 4.74 Å². The number of hydrogen-bond donors (Lipinski definition) is 1. The number of allylic oxidation sites excluding steroid dienone is 2. The fraction of sp³-hybridized carbons (Fsp3) is 0.143. The Balaban J connectivity index is 2.68. The summed E-state index contributed by atoms with van der Waals surface area (Å²) in [5, 5.41) is 9.92. The Morgan fingerprint density at radius 1 is 1.26 bits per heavy atom. The van der Waals surface area contributed by atoms with Crippen molar-refractivity contribution in [1.29, 1.82) is 0 Å².